The summed E-state index contributed by atoms with van der Waals surface area (Å²) in [6, 6.07) is 0. The van der Waals surface area contributed by atoms with E-state index in [1.165, 1.54) is 22.6 Å². The predicted molar refractivity (Wildman–Crippen MR) is 43.3 cm³/mol. The maximum atomic E-state index is 12.1. The van der Waals surface area contributed by atoms with Gasteiger partial charge in [0.25, 0.3) is 0 Å². The summed E-state index contributed by atoms with van der Waals surface area (Å²) in [6.45, 7) is 0. The first-order valence-corrected chi connectivity index (χ1v) is 3.96. The molecule has 0 bridgehead atoms. The normalized spacial score (nSPS) is 11.7. The van der Waals surface area contributed by atoms with Crippen molar-refractivity contribution >= 4 is 28.6 Å². The minimum absolute atomic E-state index is 0.400. The number of halogens is 4. The Hall–Kier alpha value is -0.800. The molecule has 1 rings (SSSR count). The van der Waals surface area contributed by atoms with E-state index in [4.69, 9.17) is 5.11 Å². The van der Waals surface area contributed by atoms with Crippen molar-refractivity contribution in [2.24, 2.45) is 0 Å². The fraction of sp³-hybridized carbons (Fsp3) is 0.200. The van der Waals surface area contributed by atoms with Gasteiger partial charge in [0.05, 0.1) is 0 Å². The molecular formula is C5H2F3IN2O2. The largest absolute Gasteiger partial charge is 0.475 e. The number of imidazole rings is 1. The van der Waals surface area contributed by atoms with E-state index in [1.54, 1.807) is 4.98 Å². The van der Waals surface area contributed by atoms with Crippen LogP contribution in [0.5, 0.6) is 0 Å². The van der Waals surface area contributed by atoms with Crippen molar-refractivity contribution in [3.63, 3.8) is 0 Å². The minimum Gasteiger partial charge on any atom is -0.475 e. The molecule has 0 aromatic carbocycles. The van der Waals surface area contributed by atoms with Gasteiger partial charge in [-0.15, -0.1) is 0 Å². The molecule has 0 atom stereocenters. The topological polar surface area (TPSA) is 66.0 Å². The molecule has 1 heterocycles. The molecule has 0 saturated carbocycles. The van der Waals surface area contributed by atoms with Gasteiger partial charge in [0.15, 0.2) is 5.69 Å². The fourth-order valence-corrected chi connectivity index (χ4v) is 1.32. The van der Waals surface area contributed by atoms with Crippen molar-refractivity contribution < 1.29 is 23.1 Å². The molecule has 13 heavy (non-hydrogen) atoms. The van der Waals surface area contributed by atoms with Gasteiger partial charge in [-0.2, -0.15) is 13.2 Å². The lowest BCUT2D eigenvalue weighted by Gasteiger charge is -2.01. The van der Waals surface area contributed by atoms with Gasteiger partial charge in [-0.05, 0) is 22.6 Å². The summed E-state index contributed by atoms with van der Waals surface area (Å²) in [6.07, 6.45) is -4.60. The first-order chi connectivity index (χ1) is 5.82. The molecule has 4 nitrogen and oxygen atoms in total. The summed E-state index contributed by atoms with van der Waals surface area (Å²) < 4.78 is 35.8. The fourth-order valence-electron chi connectivity index (χ4n) is 0.641. The number of hydrogen-bond donors (Lipinski definition) is 2. The zero-order valence-corrected chi connectivity index (χ0v) is 7.97. The Morgan fingerprint density at radius 2 is 2.08 bits per heavy atom. The van der Waals surface area contributed by atoms with Gasteiger partial charge in [-0.1, -0.05) is 0 Å². The van der Waals surface area contributed by atoms with Crippen LogP contribution >= 0.6 is 22.6 Å². The Morgan fingerprint density at radius 3 is 2.31 bits per heavy atom. The summed E-state index contributed by atoms with van der Waals surface area (Å²) >= 11 is 1.31. The molecule has 0 unspecified atom stereocenters. The molecule has 0 aliphatic carbocycles. The lowest BCUT2D eigenvalue weighted by molar-refractivity contribution is -0.141. The lowest BCUT2D eigenvalue weighted by Crippen LogP contribution is -2.08. The first kappa shape index (κ1) is 10.3. The molecule has 0 fully saturated rings. The number of alkyl halides is 3. The average molecular weight is 306 g/mol. The standard InChI is InChI=1S/C5H2F3IN2O2/c6-5(7,8)1-2(9)11-3(10-1)4(12)13/h(H,10,11)(H,12,13). The number of nitrogens with one attached hydrogen (secondary N) is 1. The van der Waals surface area contributed by atoms with Crippen molar-refractivity contribution in [3.8, 4) is 0 Å². The monoisotopic (exact) mass is 306 g/mol. The average Bonchev–Trinajstić information content (AvgIpc) is 2.29. The van der Waals surface area contributed by atoms with Crippen LogP contribution < -0.4 is 0 Å². The molecule has 0 aliphatic heterocycles. The summed E-state index contributed by atoms with van der Waals surface area (Å²) in [5, 5.41) is 8.32. The number of aromatic nitrogens is 2. The summed E-state index contributed by atoms with van der Waals surface area (Å²) in [5.41, 5.74) is -1.13. The Kier molecular flexibility index (Phi) is 2.50. The van der Waals surface area contributed by atoms with E-state index < -0.39 is 27.4 Å². The summed E-state index contributed by atoms with van der Waals surface area (Å²) in [7, 11) is 0. The smallest absolute Gasteiger partial charge is 0.433 e. The number of hydrogen-bond acceptors (Lipinski definition) is 2. The van der Waals surface area contributed by atoms with Crippen molar-refractivity contribution in [3.05, 3.63) is 15.2 Å². The third-order valence-electron chi connectivity index (χ3n) is 1.15. The number of carbonyl (C=O) groups is 1. The van der Waals surface area contributed by atoms with Gasteiger partial charge < -0.3 is 10.1 Å². The van der Waals surface area contributed by atoms with Crippen LogP contribution in [0, 0.1) is 3.70 Å². The molecule has 0 amide bonds. The number of rotatable bonds is 1. The van der Waals surface area contributed by atoms with Gasteiger partial charge in [-0.25, -0.2) is 9.78 Å². The quantitative estimate of drug-likeness (QED) is 0.777. The molecule has 8 heteroatoms. The van der Waals surface area contributed by atoms with E-state index in [9.17, 15) is 18.0 Å². The number of aromatic amines is 1. The third kappa shape index (κ3) is 2.11. The molecular weight excluding hydrogens is 304 g/mol. The maximum absolute atomic E-state index is 12.1. The molecule has 0 saturated heterocycles. The number of carboxylic acid groups (broad SMARTS) is 1. The Balaban J connectivity index is 3.18. The summed E-state index contributed by atoms with van der Waals surface area (Å²) in [4.78, 5) is 15.1. The van der Waals surface area contributed by atoms with E-state index in [0.717, 1.165) is 0 Å². The van der Waals surface area contributed by atoms with E-state index in [0.29, 0.717) is 0 Å². The number of carboxylic acids is 1. The van der Waals surface area contributed by atoms with E-state index in [2.05, 4.69) is 4.98 Å². The second kappa shape index (κ2) is 3.16. The Labute approximate surface area is 83.3 Å². The Bertz CT molecular complexity index is 346. The highest BCUT2D eigenvalue weighted by Gasteiger charge is 2.36. The van der Waals surface area contributed by atoms with Crippen LogP contribution in [0.25, 0.3) is 0 Å². The van der Waals surface area contributed by atoms with Crippen LogP contribution in [0.3, 0.4) is 0 Å². The van der Waals surface area contributed by atoms with Gasteiger partial charge in [0.1, 0.15) is 3.70 Å². The van der Waals surface area contributed by atoms with Gasteiger partial charge in [-0.3, -0.25) is 0 Å². The second-order valence-corrected chi connectivity index (χ2v) is 3.08. The number of H-pyrrole nitrogens is 1. The molecule has 1 aromatic rings. The van der Waals surface area contributed by atoms with Crippen LogP contribution in [-0.2, 0) is 6.18 Å². The third-order valence-corrected chi connectivity index (χ3v) is 1.93. The highest BCUT2D eigenvalue weighted by molar-refractivity contribution is 14.1. The van der Waals surface area contributed by atoms with E-state index in [1.807, 2.05) is 0 Å². The molecule has 0 radical (unpaired) electrons. The van der Waals surface area contributed by atoms with Gasteiger partial charge in [0.2, 0.25) is 5.82 Å². The summed E-state index contributed by atoms with van der Waals surface area (Å²) in [5.74, 6) is -2.23. The van der Waals surface area contributed by atoms with Crippen LogP contribution in [-0.4, -0.2) is 21.0 Å². The van der Waals surface area contributed by atoms with Crippen molar-refractivity contribution in [2.45, 2.75) is 6.18 Å². The highest BCUT2D eigenvalue weighted by atomic mass is 127. The van der Waals surface area contributed by atoms with Crippen molar-refractivity contribution in [1.82, 2.24) is 9.97 Å². The first-order valence-electron chi connectivity index (χ1n) is 2.88. The van der Waals surface area contributed by atoms with Crippen LogP contribution in [0.2, 0.25) is 0 Å². The Morgan fingerprint density at radius 1 is 1.54 bits per heavy atom. The lowest BCUT2D eigenvalue weighted by atomic mass is 10.5. The number of nitrogens with zero attached hydrogens (tertiary/aromatic N) is 1. The zero-order valence-electron chi connectivity index (χ0n) is 5.81. The van der Waals surface area contributed by atoms with Crippen molar-refractivity contribution in [1.29, 1.82) is 0 Å². The minimum atomic E-state index is -4.60. The van der Waals surface area contributed by atoms with E-state index >= 15 is 0 Å². The van der Waals surface area contributed by atoms with Gasteiger partial charge in [0, 0.05) is 0 Å². The van der Waals surface area contributed by atoms with Crippen LogP contribution in [0.15, 0.2) is 0 Å². The van der Waals surface area contributed by atoms with Gasteiger partial charge >= 0.3 is 12.1 Å². The van der Waals surface area contributed by atoms with Crippen LogP contribution in [0.1, 0.15) is 16.3 Å². The molecule has 72 valence electrons. The number of aromatic carboxylic acids is 1. The maximum Gasteiger partial charge on any atom is 0.433 e. The molecule has 1 aromatic heterocycles. The molecule has 0 spiro atoms. The SMILES string of the molecule is O=C(O)c1nc(I)c(C(F)(F)F)[nH]1. The highest BCUT2D eigenvalue weighted by Crippen LogP contribution is 2.30. The zero-order chi connectivity index (χ0) is 10.2. The van der Waals surface area contributed by atoms with Crippen molar-refractivity contribution in [2.75, 3.05) is 0 Å². The molecule has 0 aliphatic rings. The van der Waals surface area contributed by atoms with E-state index in [-0.39, 0.29) is 0 Å². The van der Waals surface area contributed by atoms with Crippen LogP contribution in [0.4, 0.5) is 13.2 Å². The molecule has 2 N–H and O–H groups in total. The predicted octanol–water partition coefficient (Wildman–Crippen LogP) is 1.73. The second-order valence-electron chi connectivity index (χ2n) is 2.05.